The Bertz CT molecular complexity index is 731. The Morgan fingerprint density at radius 2 is 2.14 bits per heavy atom. The first-order valence-corrected chi connectivity index (χ1v) is 8.07. The van der Waals surface area contributed by atoms with Crippen molar-refractivity contribution in [2.45, 2.75) is 11.3 Å². The zero-order valence-electron chi connectivity index (χ0n) is 11.3. The van der Waals surface area contributed by atoms with E-state index in [1.165, 1.54) is 24.0 Å². The molecule has 0 aliphatic heterocycles. The third kappa shape index (κ3) is 4.38. The molecular formula is C15H11Cl2N3OS. The lowest BCUT2D eigenvalue weighted by Crippen LogP contribution is -2.13. The van der Waals surface area contributed by atoms with Gasteiger partial charge in [0.2, 0.25) is 0 Å². The van der Waals surface area contributed by atoms with Gasteiger partial charge in [-0.1, -0.05) is 35.3 Å². The Balaban J connectivity index is 2.14. The molecule has 112 valence electrons. The summed E-state index contributed by atoms with van der Waals surface area (Å²) in [6, 6.07) is 11.0. The Labute approximate surface area is 142 Å². The minimum Gasteiger partial charge on any atom is -0.321 e. The molecule has 0 spiro atoms. The average molecular weight is 352 g/mol. The second kappa shape index (κ2) is 8.04. The number of carbonyl (C=O) groups excluding carboxylic acids is 1. The molecule has 4 nitrogen and oxygen atoms in total. The fraction of sp³-hybridized carbons (Fsp3) is 0.133. The molecule has 0 saturated carbocycles. The lowest BCUT2D eigenvalue weighted by atomic mass is 10.2. The maximum atomic E-state index is 12.2. The van der Waals surface area contributed by atoms with Crippen molar-refractivity contribution < 1.29 is 4.79 Å². The molecule has 2 aromatic rings. The Kier molecular flexibility index (Phi) is 6.08. The maximum Gasteiger partial charge on any atom is 0.257 e. The monoisotopic (exact) mass is 351 g/mol. The summed E-state index contributed by atoms with van der Waals surface area (Å²) in [5.41, 5.74) is 1.01. The van der Waals surface area contributed by atoms with Crippen LogP contribution in [-0.4, -0.2) is 16.6 Å². The number of nitrogens with one attached hydrogen (secondary N) is 1. The molecule has 1 N–H and O–H groups in total. The van der Waals surface area contributed by atoms with E-state index in [0.29, 0.717) is 23.4 Å². The molecule has 1 aromatic heterocycles. The number of anilines is 1. The van der Waals surface area contributed by atoms with Crippen LogP contribution in [0.15, 0.2) is 41.4 Å². The van der Waals surface area contributed by atoms with E-state index in [-0.39, 0.29) is 16.1 Å². The van der Waals surface area contributed by atoms with Crippen molar-refractivity contribution in [2.24, 2.45) is 0 Å². The third-order valence-corrected chi connectivity index (χ3v) is 4.43. The highest BCUT2D eigenvalue weighted by molar-refractivity contribution is 7.99. The summed E-state index contributed by atoms with van der Waals surface area (Å²) in [5, 5.41) is 11.8. The number of thioether (sulfide) groups is 1. The molecule has 1 aromatic carbocycles. The summed E-state index contributed by atoms with van der Waals surface area (Å²) < 4.78 is 0. The number of halogens is 2. The molecule has 0 aliphatic rings. The van der Waals surface area contributed by atoms with E-state index in [2.05, 4.69) is 16.4 Å². The second-order valence-corrected chi connectivity index (χ2v) is 6.11. The van der Waals surface area contributed by atoms with Gasteiger partial charge in [-0.15, -0.1) is 11.8 Å². The summed E-state index contributed by atoms with van der Waals surface area (Å²) >= 11 is 13.1. The van der Waals surface area contributed by atoms with E-state index in [9.17, 15) is 4.79 Å². The molecule has 2 rings (SSSR count). The van der Waals surface area contributed by atoms with Crippen LogP contribution in [0.4, 0.5) is 5.69 Å². The van der Waals surface area contributed by atoms with Crippen LogP contribution in [0.3, 0.4) is 0 Å². The minimum absolute atomic E-state index is 0.158. The van der Waals surface area contributed by atoms with Gasteiger partial charge >= 0.3 is 0 Å². The summed E-state index contributed by atoms with van der Waals surface area (Å²) in [5.74, 6) is 0.344. The Hall–Kier alpha value is -1.74. The molecule has 0 saturated heterocycles. The van der Waals surface area contributed by atoms with Gasteiger partial charge in [-0.3, -0.25) is 4.79 Å². The first-order chi connectivity index (χ1) is 10.6. The predicted molar refractivity (Wildman–Crippen MR) is 89.6 cm³/mol. The van der Waals surface area contributed by atoms with Crippen LogP contribution in [0, 0.1) is 11.3 Å². The van der Waals surface area contributed by atoms with Crippen LogP contribution in [0.25, 0.3) is 0 Å². The van der Waals surface area contributed by atoms with Crippen LogP contribution in [0.5, 0.6) is 0 Å². The number of hydrogen-bond donors (Lipinski definition) is 1. The highest BCUT2D eigenvalue weighted by atomic mass is 35.5. The van der Waals surface area contributed by atoms with Crippen molar-refractivity contribution in [1.82, 2.24) is 4.98 Å². The van der Waals surface area contributed by atoms with E-state index >= 15 is 0 Å². The number of benzene rings is 1. The van der Waals surface area contributed by atoms with Crippen molar-refractivity contribution in [1.29, 1.82) is 5.26 Å². The zero-order valence-corrected chi connectivity index (χ0v) is 13.7. The molecule has 7 heteroatoms. The molecule has 0 fully saturated rings. The quantitative estimate of drug-likeness (QED) is 0.483. The minimum atomic E-state index is -0.320. The van der Waals surface area contributed by atoms with Crippen molar-refractivity contribution in [3.05, 3.63) is 52.3 Å². The van der Waals surface area contributed by atoms with E-state index in [4.69, 9.17) is 28.5 Å². The molecule has 0 bridgehead atoms. The van der Waals surface area contributed by atoms with Gasteiger partial charge in [0.1, 0.15) is 5.15 Å². The standard InChI is InChI=1S/C15H11Cl2N3OS/c16-11-8-10(9-19-14(11)17)15(21)20-12-4-1-2-5-13(12)22-7-3-6-18/h1-2,4-5,8-9H,3,7H2,(H,20,21). The molecule has 1 amide bonds. The lowest BCUT2D eigenvalue weighted by Gasteiger charge is -2.10. The SMILES string of the molecule is N#CCCSc1ccccc1NC(=O)c1cnc(Cl)c(Cl)c1. The zero-order chi connectivity index (χ0) is 15.9. The molecular weight excluding hydrogens is 341 g/mol. The number of carbonyl (C=O) groups is 1. The van der Waals surface area contributed by atoms with E-state index in [1.807, 2.05) is 18.2 Å². The molecule has 1 heterocycles. The molecule has 0 aliphatic carbocycles. The van der Waals surface area contributed by atoms with Crippen LogP contribution in [0.2, 0.25) is 10.2 Å². The van der Waals surface area contributed by atoms with Gasteiger partial charge in [0.15, 0.2) is 0 Å². The summed E-state index contributed by atoms with van der Waals surface area (Å²) in [6.07, 6.45) is 1.82. The van der Waals surface area contributed by atoms with E-state index in [0.717, 1.165) is 4.90 Å². The van der Waals surface area contributed by atoms with Gasteiger partial charge in [-0.2, -0.15) is 5.26 Å². The number of para-hydroxylation sites is 1. The van der Waals surface area contributed by atoms with Crippen molar-refractivity contribution >= 4 is 46.6 Å². The van der Waals surface area contributed by atoms with Crippen molar-refractivity contribution in [3.8, 4) is 6.07 Å². The molecule has 0 atom stereocenters. The van der Waals surface area contributed by atoms with Gasteiger partial charge in [-0.25, -0.2) is 4.98 Å². The van der Waals surface area contributed by atoms with Gasteiger partial charge in [0, 0.05) is 23.3 Å². The van der Waals surface area contributed by atoms with Gasteiger partial charge in [-0.05, 0) is 18.2 Å². The summed E-state index contributed by atoms with van der Waals surface area (Å²) in [4.78, 5) is 17.0. The summed E-state index contributed by atoms with van der Waals surface area (Å²) in [7, 11) is 0. The maximum absolute atomic E-state index is 12.2. The van der Waals surface area contributed by atoms with Gasteiger partial charge in [0.25, 0.3) is 5.91 Å². The number of hydrogen-bond acceptors (Lipinski definition) is 4. The first kappa shape index (κ1) is 16.6. The van der Waals surface area contributed by atoms with E-state index in [1.54, 1.807) is 6.07 Å². The van der Waals surface area contributed by atoms with Crippen LogP contribution < -0.4 is 5.32 Å². The molecule has 0 unspecified atom stereocenters. The summed E-state index contributed by atoms with van der Waals surface area (Å²) in [6.45, 7) is 0. The topological polar surface area (TPSA) is 65.8 Å². The highest BCUT2D eigenvalue weighted by Crippen LogP contribution is 2.28. The van der Waals surface area contributed by atoms with Crippen molar-refractivity contribution in [3.63, 3.8) is 0 Å². The number of nitriles is 1. The average Bonchev–Trinajstić information content (AvgIpc) is 2.52. The molecule has 22 heavy (non-hydrogen) atoms. The first-order valence-electron chi connectivity index (χ1n) is 6.33. The van der Waals surface area contributed by atoms with Crippen LogP contribution in [0.1, 0.15) is 16.8 Å². The van der Waals surface area contributed by atoms with Gasteiger partial charge in [0.05, 0.1) is 22.3 Å². The smallest absolute Gasteiger partial charge is 0.257 e. The number of aromatic nitrogens is 1. The Morgan fingerprint density at radius 1 is 1.36 bits per heavy atom. The van der Waals surface area contributed by atoms with Gasteiger partial charge < -0.3 is 5.32 Å². The fourth-order valence-electron chi connectivity index (χ4n) is 1.64. The predicted octanol–water partition coefficient (Wildman–Crippen LogP) is 4.65. The third-order valence-electron chi connectivity index (χ3n) is 2.67. The highest BCUT2D eigenvalue weighted by Gasteiger charge is 2.11. The second-order valence-electron chi connectivity index (χ2n) is 4.20. The van der Waals surface area contributed by atoms with Crippen molar-refractivity contribution in [2.75, 3.05) is 11.1 Å². The fourth-order valence-corrected chi connectivity index (χ4v) is 2.77. The van der Waals surface area contributed by atoms with E-state index < -0.39 is 0 Å². The van der Waals surface area contributed by atoms with Crippen LogP contribution >= 0.6 is 35.0 Å². The van der Waals surface area contributed by atoms with Crippen LogP contribution in [-0.2, 0) is 0 Å². The lowest BCUT2D eigenvalue weighted by molar-refractivity contribution is 0.102. The largest absolute Gasteiger partial charge is 0.321 e. The normalized spacial score (nSPS) is 10.0. The number of rotatable bonds is 5. The Morgan fingerprint density at radius 3 is 2.86 bits per heavy atom. The number of nitrogens with zero attached hydrogens (tertiary/aromatic N) is 2. The number of pyridine rings is 1. The number of amides is 1. The molecule has 0 radical (unpaired) electrons.